The number of nitrogens with zero attached hydrogens (tertiary/aromatic N) is 2. The highest BCUT2D eigenvalue weighted by molar-refractivity contribution is 5.66. The molecule has 120 valence electrons. The van der Waals surface area contributed by atoms with Gasteiger partial charge in [0.15, 0.2) is 0 Å². The van der Waals surface area contributed by atoms with Crippen LogP contribution in [0.2, 0.25) is 0 Å². The molecule has 24 heavy (non-hydrogen) atoms. The Labute approximate surface area is 136 Å². The van der Waals surface area contributed by atoms with Crippen molar-refractivity contribution >= 4 is 6.08 Å². The Morgan fingerprint density at radius 2 is 1.75 bits per heavy atom. The molecule has 0 aliphatic rings. The van der Waals surface area contributed by atoms with Gasteiger partial charge in [0, 0.05) is 5.56 Å². The molecule has 3 nitrogen and oxygen atoms in total. The van der Waals surface area contributed by atoms with Crippen molar-refractivity contribution in [3.63, 3.8) is 0 Å². The Morgan fingerprint density at radius 3 is 2.42 bits per heavy atom. The lowest BCUT2D eigenvalue weighted by Gasteiger charge is -2.11. The van der Waals surface area contributed by atoms with Crippen molar-refractivity contribution in [3.05, 3.63) is 70.8 Å². The average Bonchev–Trinajstić information content (AvgIpc) is 2.58. The van der Waals surface area contributed by atoms with Gasteiger partial charge in [-0.05, 0) is 29.8 Å². The van der Waals surface area contributed by atoms with E-state index < -0.39 is 11.7 Å². The molecular weight excluding hydrogens is 317 g/mol. The molecule has 0 aromatic heterocycles. The zero-order chi connectivity index (χ0) is 17.6. The smallest absolute Gasteiger partial charge is 0.416 e. The van der Waals surface area contributed by atoms with Crippen LogP contribution in [0.5, 0.6) is 5.75 Å². The number of halogens is 3. The molecular formula is C18H11F3N2O. The van der Waals surface area contributed by atoms with Crippen molar-refractivity contribution in [1.29, 1.82) is 10.5 Å². The van der Waals surface area contributed by atoms with Gasteiger partial charge < -0.3 is 4.74 Å². The van der Waals surface area contributed by atoms with Crippen LogP contribution >= 0.6 is 0 Å². The highest BCUT2D eigenvalue weighted by Gasteiger charge is 2.30. The number of hydrogen-bond acceptors (Lipinski definition) is 3. The standard InChI is InChI=1S/C18H11F3N2O/c19-18(20,21)16-6-3-4-13(9-16)12-24-17-7-2-1-5-15(17)8-14(10-22)11-23/h1-9H,12H2. The van der Waals surface area contributed by atoms with Gasteiger partial charge in [-0.2, -0.15) is 23.7 Å². The predicted molar refractivity (Wildman–Crippen MR) is 81.4 cm³/mol. The van der Waals surface area contributed by atoms with Crippen LogP contribution in [0.25, 0.3) is 6.08 Å². The van der Waals surface area contributed by atoms with Gasteiger partial charge in [0.25, 0.3) is 0 Å². The second-order valence-corrected chi connectivity index (χ2v) is 4.81. The fourth-order valence-electron chi connectivity index (χ4n) is 1.97. The molecule has 0 aliphatic heterocycles. The first-order valence-electron chi connectivity index (χ1n) is 6.84. The van der Waals surface area contributed by atoms with E-state index in [2.05, 4.69) is 0 Å². The van der Waals surface area contributed by atoms with E-state index in [-0.39, 0.29) is 12.2 Å². The molecule has 6 heteroatoms. The second-order valence-electron chi connectivity index (χ2n) is 4.81. The van der Waals surface area contributed by atoms with E-state index >= 15 is 0 Å². The lowest BCUT2D eigenvalue weighted by atomic mass is 10.1. The quantitative estimate of drug-likeness (QED) is 0.763. The SMILES string of the molecule is N#CC(C#N)=Cc1ccccc1OCc1cccc(C(F)(F)F)c1. The van der Waals surface area contributed by atoms with E-state index in [1.807, 2.05) is 0 Å². The summed E-state index contributed by atoms with van der Waals surface area (Å²) in [5.41, 5.74) is 0.0325. The number of rotatable bonds is 4. The van der Waals surface area contributed by atoms with Crippen LogP contribution in [0.1, 0.15) is 16.7 Å². The Bertz CT molecular complexity index is 826. The molecule has 2 rings (SSSR count). The van der Waals surface area contributed by atoms with Gasteiger partial charge in [0.05, 0.1) is 5.56 Å². The number of alkyl halides is 3. The number of allylic oxidation sites excluding steroid dienone is 1. The molecule has 0 unspecified atom stereocenters. The maximum absolute atomic E-state index is 12.7. The van der Waals surface area contributed by atoms with Crippen LogP contribution in [0.4, 0.5) is 13.2 Å². The van der Waals surface area contributed by atoms with Crippen molar-refractivity contribution < 1.29 is 17.9 Å². The van der Waals surface area contributed by atoms with E-state index in [0.29, 0.717) is 16.9 Å². The van der Waals surface area contributed by atoms with Crippen LogP contribution in [-0.2, 0) is 12.8 Å². The van der Waals surface area contributed by atoms with Crippen LogP contribution in [-0.4, -0.2) is 0 Å². The first-order chi connectivity index (χ1) is 11.4. The lowest BCUT2D eigenvalue weighted by Crippen LogP contribution is -2.06. The lowest BCUT2D eigenvalue weighted by molar-refractivity contribution is -0.137. The van der Waals surface area contributed by atoms with Crippen LogP contribution in [0.3, 0.4) is 0 Å². The number of benzene rings is 2. The summed E-state index contributed by atoms with van der Waals surface area (Å²) in [6.07, 6.45) is -3.05. The van der Waals surface area contributed by atoms with E-state index in [9.17, 15) is 13.2 Å². The molecule has 0 radical (unpaired) electrons. The zero-order valence-corrected chi connectivity index (χ0v) is 12.3. The Balaban J connectivity index is 2.21. The van der Waals surface area contributed by atoms with Gasteiger partial charge >= 0.3 is 6.18 Å². The van der Waals surface area contributed by atoms with Crippen molar-refractivity contribution in [2.75, 3.05) is 0 Å². The molecule has 2 aromatic rings. The van der Waals surface area contributed by atoms with E-state index in [1.165, 1.54) is 18.2 Å². The van der Waals surface area contributed by atoms with Crippen molar-refractivity contribution in [1.82, 2.24) is 0 Å². The first kappa shape index (κ1) is 17.1. The van der Waals surface area contributed by atoms with Crippen LogP contribution < -0.4 is 4.74 Å². The molecule has 0 heterocycles. The van der Waals surface area contributed by atoms with Crippen LogP contribution in [0.15, 0.2) is 54.1 Å². The minimum absolute atomic E-state index is 0.0663. The Kier molecular flexibility index (Phi) is 5.23. The summed E-state index contributed by atoms with van der Waals surface area (Å²) in [5, 5.41) is 17.6. The van der Waals surface area contributed by atoms with Crippen molar-refractivity contribution in [2.45, 2.75) is 12.8 Å². The molecule has 0 fully saturated rings. The molecule has 0 spiro atoms. The van der Waals surface area contributed by atoms with Gasteiger partial charge in [0.1, 0.15) is 30.1 Å². The molecule has 0 amide bonds. The predicted octanol–water partition coefficient (Wildman–Crippen LogP) is 4.71. The van der Waals surface area contributed by atoms with E-state index in [4.69, 9.17) is 15.3 Å². The molecule has 0 saturated heterocycles. The summed E-state index contributed by atoms with van der Waals surface area (Å²) >= 11 is 0. The molecule has 0 saturated carbocycles. The summed E-state index contributed by atoms with van der Waals surface area (Å²) in [6, 6.07) is 15.0. The van der Waals surface area contributed by atoms with E-state index in [0.717, 1.165) is 12.1 Å². The number of para-hydroxylation sites is 1. The molecule has 0 aliphatic carbocycles. The molecule has 2 aromatic carbocycles. The summed E-state index contributed by atoms with van der Waals surface area (Å²) in [6.45, 7) is -0.0663. The van der Waals surface area contributed by atoms with Crippen molar-refractivity contribution in [3.8, 4) is 17.9 Å². The van der Waals surface area contributed by atoms with Crippen LogP contribution in [0, 0.1) is 22.7 Å². The van der Waals surface area contributed by atoms with Gasteiger partial charge in [-0.15, -0.1) is 0 Å². The highest BCUT2D eigenvalue weighted by atomic mass is 19.4. The zero-order valence-electron chi connectivity index (χ0n) is 12.3. The van der Waals surface area contributed by atoms with Gasteiger partial charge in [0.2, 0.25) is 0 Å². The largest absolute Gasteiger partial charge is 0.488 e. The maximum atomic E-state index is 12.7. The van der Waals surface area contributed by atoms with Gasteiger partial charge in [-0.25, -0.2) is 0 Å². The topological polar surface area (TPSA) is 56.8 Å². The minimum atomic E-state index is -4.41. The number of hydrogen-bond donors (Lipinski definition) is 0. The third-order valence-corrected chi connectivity index (χ3v) is 3.11. The molecule has 0 bridgehead atoms. The number of nitriles is 2. The Morgan fingerprint density at radius 1 is 1.04 bits per heavy atom. The average molecular weight is 328 g/mol. The van der Waals surface area contributed by atoms with Gasteiger partial charge in [-0.1, -0.05) is 30.3 Å². The third-order valence-electron chi connectivity index (χ3n) is 3.11. The fourth-order valence-corrected chi connectivity index (χ4v) is 1.97. The first-order valence-corrected chi connectivity index (χ1v) is 6.84. The molecule has 0 N–H and O–H groups in total. The monoisotopic (exact) mass is 328 g/mol. The fraction of sp³-hybridized carbons (Fsp3) is 0.111. The van der Waals surface area contributed by atoms with E-state index in [1.54, 1.807) is 36.4 Å². The van der Waals surface area contributed by atoms with Gasteiger partial charge in [-0.3, -0.25) is 0 Å². The second kappa shape index (κ2) is 7.34. The normalized spacial score (nSPS) is 10.4. The molecule has 0 atom stereocenters. The maximum Gasteiger partial charge on any atom is 0.416 e. The summed E-state index contributed by atoms with van der Waals surface area (Å²) < 4.78 is 43.7. The van der Waals surface area contributed by atoms with Crippen molar-refractivity contribution in [2.24, 2.45) is 0 Å². The summed E-state index contributed by atoms with van der Waals surface area (Å²) in [7, 11) is 0. The minimum Gasteiger partial charge on any atom is -0.488 e. The third kappa shape index (κ3) is 4.37. The highest BCUT2D eigenvalue weighted by Crippen LogP contribution is 2.30. The number of ether oxygens (including phenoxy) is 1. The summed E-state index contributed by atoms with van der Waals surface area (Å²) in [4.78, 5) is 0. The Hall–Kier alpha value is -3.25. The summed E-state index contributed by atoms with van der Waals surface area (Å²) in [5.74, 6) is 0.373.